The summed E-state index contributed by atoms with van der Waals surface area (Å²) < 4.78 is 16.8. The van der Waals surface area contributed by atoms with Gasteiger partial charge in [0.05, 0.1) is 6.10 Å². The molecule has 8 nitrogen and oxygen atoms in total. The number of hydrogen-bond donors (Lipinski definition) is 2. The largest absolute Gasteiger partial charge is 0.462 e. The standard InChI is InChI=1S/C24H34O8/c1-11-14-9-17(27)32-24(14,29)10-15-18(11)19(28)20(31-13(3)26)21-22(4,5)16(30-12(2)25)7-8-23(15,21)6/h9,11,15-16,18-21,28-29H,7-8,10H2,1-6H3/t11-,15-,16+,18-,19-,20-,21+,23+,24-/m1/s1. The molecule has 8 heteroatoms. The van der Waals surface area contributed by atoms with Gasteiger partial charge in [-0.1, -0.05) is 27.7 Å². The summed E-state index contributed by atoms with van der Waals surface area (Å²) in [6.07, 6.45) is 0.549. The minimum atomic E-state index is -1.68. The van der Waals surface area contributed by atoms with Crippen LogP contribution in [0, 0.1) is 34.5 Å². The molecule has 0 aromatic heterocycles. The number of esters is 3. The van der Waals surface area contributed by atoms with Crippen LogP contribution in [0.3, 0.4) is 0 Å². The molecule has 0 radical (unpaired) electrons. The Kier molecular flexibility index (Phi) is 5.29. The molecule has 3 aliphatic carbocycles. The first-order valence-electron chi connectivity index (χ1n) is 11.4. The fraction of sp³-hybridized carbons (Fsp3) is 0.792. The molecule has 32 heavy (non-hydrogen) atoms. The van der Waals surface area contributed by atoms with Crippen molar-refractivity contribution >= 4 is 17.9 Å². The number of hydrogen-bond acceptors (Lipinski definition) is 8. The van der Waals surface area contributed by atoms with E-state index >= 15 is 0 Å². The average molecular weight is 451 g/mol. The van der Waals surface area contributed by atoms with Crippen LogP contribution < -0.4 is 0 Å². The molecule has 178 valence electrons. The first-order chi connectivity index (χ1) is 14.7. The van der Waals surface area contributed by atoms with E-state index in [1.54, 1.807) is 0 Å². The first kappa shape index (κ1) is 23.2. The highest BCUT2D eigenvalue weighted by atomic mass is 16.7. The highest BCUT2D eigenvalue weighted by Crippen LogP contribution is 2.67. The van der Waals surface area contributed by atoms with Gasteiger partial charge < -0.3 is 24.4 Å². The molecule has 2 N–H and O–H groups in total. The van der Waals surface area contributed by atoms with E-state index in [2.05, 4.69) is 6.92 Å². The molecule has 3 fully saturated rings. The van der Waals surface area contributed by atoms with Crippen LogP contribution in [0.25, 0.3) is 0 Å². The smallest absolute Gasteiger partial charge is 0.333 e. The van der Waals surface area contributed by atoms with E-state index in [-0.39, 0.29) is 36.1 Å². The van der Waals surface area contributed by atoms with E-state index in [4.69, 9.17) is 14.2 Å². The summed E-state index contributed by atoms with van der Waals surface area (Å²) in [4.78, 5) is 35.9. The average Bonchev–Trinajstić information content (AvgIpc) is 2.96. The molecular formula is C24H34O8. The van der Waals surface area contributed by atoms with Gasteiger partial charge in [0.15, 0.2) is 0 Å². The van der Waals surface area contributed by atoms with Gasteiger partial charge in [-0.3, -0.25) is 9.59 Å². The minimum absolute atomic E-state index is 0.171. The van der Waals surface area contributed by atoms with E-state index < -0.39 is 46.9 Å². The summed E-state index contributed by atoms with van der Waals surface area (Å²) in [7, 11) is 0. The van der Waals surface area contributed by atoms with Crippen molar-refractivity contribution in [3.8, 4) is 0 Å². The van der Waals surface area contributed by atoms with Gasteiger partial charge >= 0.3 is 17.9 Å². The Morgan fingerprint density at radius 2 is 1.78 bits per heavy atom. The van der Waals surface area contributed by atoms with E-state index in [1.165, 1.54) is 19.9 Å². The summed E-state index contributed by atoms with van der Waals surface area (Å²) in [5, 5.41) is 22.8. The first-order valence-corrected chi connectivity index (χ1v) is 11.4. The summed E-state index contributed by atoms with van der Waals surface area (Å²) >= 11 is 0. The van der Waals surface area contributed by atoms with E-state index in [0.29, 0.717) is 18.4 Å². The number of aliphatic hydroxyl groups is 2. The number of carbonyl (C=O) groups excluding carboxylic acids is 3. The van der Waals surface area contributed by atoms with Gasteiger partial charge in [0.2, 0.25) is 5.79 Å². The summed E-state index contributed by atoms with van der Waals surface area (Å²) in [5.41, 5.74) is -0.604. The molecule has 0 saturated heterocycles. The molecule has 4 rings (SSSR count). The van der Waals surface area contributed by atoms with Gasteiger partial charge in [0.25, 0.3) is 0 Å². The third-order valence-electron chi connectivity index (χ3n) is 8.83. The molecule has 3 saturated carbocycles. The second-order valence-electron chi connectivity index (χ2n) is 11.0. The molecule has 4 aliphatic rings. The summed E-state index contributed by atoms with van der Waals surface area (Å²) in [5.74, 6) is -4.35. The lowest BCUT2D eigenvalue weighted by Gasteiger charge is -2.66. The van der Waals surface area contributed by atoms with Crippen LogP contribution in [0.15, 0.2) is 11.6 Å². The Bertz CT molecular complexity index is 877. The lowest BCUT2D eigenvalue weighted by molar-refractivity contribution is -0.277. The Morgan fingerprint density at radius 3 is 2.38 bits per heavy atom. The van der Waals surface area contributed by atoms with Crippen LogP contribution in [-0.2, 0) is 28.6 Å². The molecule has 0 aromatic rings. The van der Waals surface area contributed by atoms with Gasteiger partial charge in [-0.15, -0.1) is 0 Å². The maximum absolute atomic E-state index is 12.1. The monoisotopic (exact) mass is 450 g/mol. The quantitative estimate of drug-likeness (QED) is 0.485. The highest BCUT2D eigenvalue weighted by molar-refractivity contribution is 5.86. The normalized spacial score (nSPS) is 46.7. The lowest BCUT2D eigenvalue weighted by atomic mass is 9.41. The topological polar surface area (TPSA) is 119 Å². The molecule has 1 aliphatic heterocycles. The van der Waals surface area contributed by atoms with Crippen LogP contribution in [-0.4, -0.2) is 52.2 Å². The van der Waals surface area contributed by atoms with Gasteiger partial charge in [-0.25, -0.2) is 4.79 Å². The van der Waals surface area contributed by atoms with Crippen LogP contribution in [0.1, 0.15) is 60.8 Å². The molecule has 9 atom stereocenters. The molecule has 0 aromatic carbocycles. The van der Waals surface area contributed by atoms with Crippen LogP contribution in [0.2, 0.25) is 0 Å². The van der Waals surface area contributed by atoms with Crippen LogP contribution in [0.5, 0.6) is 0 Å². The predicted molar refractivity (Wildman–Crippen MR) is 112 cm³/mol. The van der Waals surface area contributed by atoms with Crippen LogP contribution >= 0.6 is 0 Å². The zero-order valence-corrected chi connectivity index (χ0v) is 19.6. The maximum atomic E-state index is 12.1. The Labute approximate surface area is 188 Å². The van der Waals surface area contributed by atoms with Crippen molar-refractivity contribution < 1.29 is 38.8 Å². The van der Waals surface area contributed by atoms with Crippen molar-refractivity contribution in [3.05, 3.63) is 11.6 Å². The second-order valence-corrected chi connectivity index (χ2v) is 11.0. The minimum Gasteiger partial charge on any atom is -0.462 e. The fourth-order valence-electron chi connectivity index (χ4n) is 7.73. The fourth-order valence-corrected chi connectivity index (χ4v) is 7.73. The van der Waals surface area contributed by atoms with Crippen molar-refractivity contribution in [1.29, 1.82) is 0 Å². The number of fused-ring (bicyclic) bond motifs is 4. The molecular weight excluding hydrogens is 416 g/mol. The van der Waals surface area contributed by atoms with Gasteiger partial charge in [-0.05, 0) is 36.0 Å². The Balaban J connectivity index is 1.83. The Hall–Kier alpha value is -1.93. The third kappa shape index (κ3) is 3.21. The van der Waals surface area contributed by atoms with Crippen molar-refractivity contribution in [1.82, 2.24) is 0 Å². The second kappa shape index (κ2) is 7.29. The third-order valence-corrected chi connectivity index (χ3v) is 8.83. The molecule has 1 heterocycles. The SMILES string of the molecule is CC(=O)O[C@@H]1[C@H](O)[C@@H]2[C@H](C)C3=CC(=O)O[C@]3(O)C[C@H]2[C@]2(C)CC[C@H](OC(C)=O)C(C)(C)[C@H]12. The van der Waals surface area contributed by atoms with Crippen molar-refractivity contribution in [2.45, 2.75) is 84.9 Å². The molecule has 0 spiro atoms. The number of rotatable bonds is 2. The Morgan fingerprint density at radius 1 is 1.16 bits per heavy atom. The summed E-state index contributed by atoms with van der Waals surface area (Å²) in [6, 6.07) is 0. The van der Waals surface area contributed by atoms with Gasteiger partial charge in [0.1, 0.15) is 12.2 Å². The van der Waals surface area contributed by atoms with Crippen molar-refractivity contribution in [3.63, 3.8) is 0 Å². The van der Waals surface area contributed by atoms with Gasteiger partial charge in [-0.2, -0.15) is 0 Å². The highest BCUT2D eigenvalue weighted by Gasteiger charge is 2.69. The lowest BCUT2D eigenvalue weighted by Crippen LogP contribution is -2.69. The number of ether oxygens (including phenoxy) is 3. The van der Waals surface area contributed by atoms with Crippen LogP contribution in [0.4, 0.5) is 0 Å². The van der Waals surface area contributed by atoms with E-state index in [9.17, 15) is 24.6 Å². The van der Waals surface area contributed by atoms with E-state index in [0.717, 1.165) is 0 Å². The zero-order valence-electron chi connectivity index (χ0n) is 19.6. The number of aliphatic hydroxyl groups excluding tert-OH is 1. The number of carbonyl (C=O) groups is 3. The predicted octanol–water partition coefficient (Wildman–Crippen LogP) is 2.11. The molecule has 0 amide bonds. The van der Waals surface area contributed by atoms with Crippen molar-refractivity contribution in [2.24, 2.45) is 34.5 Å². The molecule has 0 unspecified atom stereocenters. The maximum Gasteiger partial charge on any atom is 0.333 e. The van der Waals surface area contributed by atoms with Gasteiger partial charge in [0, 0.05) is 43.3 Å². The van der Waals surface area contributed by atoms with E-state index in [1.807, 2.05) is 20.8 Å². The zero-order chi connectivity index (χ0) is 23.8. The van der Waals surface area contributed by atoms with Crippen molar-refractivity contribution in [2.75, 3.05) is 0 Å². The summed E-state index contributed by atoms with van der Waals surface area (Å²) in [6.45, 7) is 10.6. The molecule has 0 bridgehead atoms.